The lowest BCUT2D eigenvalue weighted by molar-refractivity contribution is 0.102. The van der Waals surface area contributed by atoms with Crippen molar-refractivity contribution in [3.63, 3.8) is 0 Å². The number of phenolic OH excluding ortho intramolecular Hbond substituents is 1. The van der Waals surface area contributed by atoms with Gasteiger partial charge in [-0.15, -0.1) is 0 Å². The van der Waals surface area contributed by atoms with Crippen LogP contribution in [0.5, 0.6) is 5.75 Å². The molecule has 2 heterocycles. The summed E-state index contributed by atoms with van der Waals surface area (Å²) in [6.45, 7) is 0. The summed E-state index contributed by atoms with van der Waals surface area (Å²) in [4.78, 5) is 28.9. The van der Waals surface area contributed by atoms with Crippen molar-refractivity contribution in [3.8, 4) is 5.75 Å². The molecule has 0 aliphatic heterocycles. The number of phenols is 1. The quantitative estimate of drug-likeness (QED) is 0.256. The Kier molecular flexibility index (Phi) is 4.93. The standard InChI is InChI=1S/C22H14ClN5O2S/c23-13-7-5-12(6-8-13)21(30)28-16-9-17(19(29)15-4-2-1-3-14(15)16)31-22-18-20(25-10-24-18)26-11-27-22/h1-11,29H,(H,28,30)(H,24,25,26,27). The number of nitrogens with zero attached hydrogens (tertiary/aromatic N) is 3. The van der Waals surface area contributed by atoms with Crippen molar-refractivity contribution in [2.75, 3.05) is 5.32 Å². The molecule has 3 aromatic carbocycles. The van der Waals surface area contributed by atoms with Crippen LogP contribution in [0.15, 0.2) is 77.2 Å². The summed E-state index contributed by atoms with van der Waals surface area (Å²) in [5.74, 6) is -0.169. The van der Waals surface area contributed by atoms with Gasteiger partial charge in [0, 0.05) is 21.4 Å². The third-order valence-electron chi connectivity index (χ3n) is 4.73. The van der Waals surface area contributed by atoms with Gasteiger partial charge in [0.15, 0.2) is 5.65 Å². The lowest BCUT2D eigenvalue weighted by Gasteiger charge is -2.14. The Bertz CT molecular complexity index is 1440. The summed E-state index contributed by atoms with van der Waals surface area (Å²) in [5, 5.41) is 16.4. The molecule has 152 valence electrons. The lowest BCUT2D eigenvalue weighted by Crippen LogP contribution is -2.12. The van der Waals surface area contributed by atoms with Crippen LogP contribution in [0.2, 0.25) is 5.02 Å². The van der Waals surface area contributed by atoms with Crippen molar-refractivity contribution < 1.29 is 9.90 Å². The summed E-state index contributed by atoms with van der Waals surface area (Å²) >= 11 is 7.18. The smallest absolute Gasteiger partial charge is 0.255 e. The topological polar surface area (TPSA) is 104 Å². The second-order valence-electron chi connectivity index (χ2n) is 6.66. The molecule has 0 aliphatic rings. The Labute approximate surface area is 185 Å². The highest BCUT2D eigenvalue weighted by atomic mass is 35.5. The molecule has 0 radical (unpaired) electrons. The van der Waals surface area contributed by atoms with Crippen molar-refractivity contribution in [2.45, 2.75) is 9.92 Å². The van der Waals surface area contributed by atoms with Gasteiger partial charge in [-0.05, 0) is 30.3 Å². The maximum Gasteiger partial charge on any atom is 0.255 e. The highest BCUT2D eigenvalue weighted by Crippen LogP contribution is 2.43. The van der Waals surface area contributed by atoms with E-state index in [0.717, 1.165) is 5.39 Å². The Morgan fingerprint density at radius 1 is 1.03 bits per heavy atom. The average Bonchev–Trinajstić information content (AvgIpc) is 3.27. The number of halogens is 1. The summed E-state index contributed by atoms with van der Waals surface area (Å²) in [6.07, 6.45) is 2.97. The maximum atomic E-state index is 12.8. The number of H-pyrrole nitrogens is 1. The number of hydrogen-bond donors (Lipinski definition) is 3. The molecule has 0 fully saturated rings. The van der Waals surface area contributed by atoms with Crippen LogP contribution in [0.4, 0.5) is 5.69 Å². The second kappa shape index (κ2) is 7.90. The van der Waals surface area contributed by atoms with Gasteiger partial charge in [-0.25, -0.2) is 15.0 Å². The molecule has 0 aliphatic carbocycles. The maximum absolute atomic E-state index is 12.8. The number of carbonyl (C=O) groups excluding carboxylic acids is 1. The minimum Gasteiger partial charge on any atom is -0.506 e. The summed E-state index contributed by atoms with van der Waals surface area (Å²) in [5.41, 5.74) is 2.26. The molecule has 5 aromatic rings. The van der Waals surface area contributed by atoms with Gasteiger partial charge in [0.1, 0.15) is 22.6 Å². The van der Waals surface area contributed by atoms with Crippen LogP contribution in [0, 0.1) is 0 Å². The molecule has 0 spiro atoms. The number of amides is 1. The first-order valence-corrected chi connectivity index (χ1v) is 10.4. The SMILES string of the molecule is O=C(Nc1cc(Sc2ncnc3nc[nH]c23)c(O)c2ccccc12)c1ccc(Cl)cc1. The first kappa shape index (κ1) is 19.3. The van der Waals surface area contributed by atoms with Gasteiger partial charge < -0.3 is 15.4 Å². The third-order valence-corrected chi connectivity index (χ3v) is 6.02. The first-order valence-electron chi connectivity index (χ1n) is 9.24. The molecular weight excluding hydrogens is 434 g/mol. The number of aromatic nitrogens is 4. The fraction of sp³-hybridized carbons (Fsp3) is 0. The number of aromatic hydroxyl groups is 1. The fourth-order valence-electron chi connectivity index (χ4n) is 3.24. The number of hydrogen-bond acceptors (Lipinski definition) is 6. The number of anilines is 1. The minimum atomic E-state index is -0.276. The number of fused-ring (bicyclic) bond motifs is 2. The molecule has 31 heavy (non-hydrogen) atoms. The zero-order chi connectivity index (χ0) is 21.4. The van der Waals surface area contributed by atoms with Crippen LogP contribution in [0.1, 0.15) is 10.4 Å². The highest BCUT2D eigenvalue weighted by Gasteiger charge is 2.17. The van der Waals surface area contributed by atoms with Gasteiger partial charge in [0.2, 0.25) is 0 Å². The number of nitrogens with one attached hydrogen (secondary N) is 2. The van der Waals surface area contributed by atoms with Crippen molar-refractivity contribution in [2.24, 2.45) is 0 Å². The number of rotatable bonds is 4. The van der Waals surface area contributed by atoms with E-state index in [0.29, 0.717) is 42.7 Å². The lowest BCUT2D eigenvalue weighted by atomic mass is 10.1. The van der Waals surface area contributed by atoms with E-state index in [-0.39, 0.29) is 11.7 Å². The van der Waals surface area contributed by atoms with Crippen molar-refractivity contribution in [1.29, 1.82) is 0 Å². The molecule has 0 unspecified atom stereocenters. The van der Waals surface area contributed by atoms with E-state index in [2.05, 4.69) is 25.3 Å². The molecular formula is C22H14ClN5O2S. The molecule has 3 N–H and O–H groups in total. The summed E-state index contributed by atoms with van der Waals surface area (Å²) < 4.78 is 0. The zero-order valence-electron chi connectivity index (χ0n) is 15.8. The largest absolute Gasteiger partial charge is 0.506 e. The van der Waals surface area contributed by atoms with E-state index in [4.69, 9.17) is 11.6 Å². The first-order chi connectivity index (χ1) is 15.1. The van der Waals surface area contributed by atoms with E-state index in [1.165, 1.54) is 18.1 Å². The van der Waals surface area contributed by atoms with Crippen LogP contribution >= 0.6 is 23.4 Å². The average molecular weight is 448 g/mol. The number of aromatic amines is 1. The van der Waals surface area contributed by atoms with E-state index in [9.17, 15) is 9.90 Å². The van der Waals surface area contributed by atoms with Crippen LogP contribution in [-0.2, 0) is 0 Å². The van der Waals surface area contributed by atoms with E-state index in [1.54, 1.807) is 42.7 Å². The van der Waals surface area contributed by atoms with Crippen LogP contribution in [0.3, 0.4) is 0 Å². The van der Waals surface area contributed by atoms with E-state index < -0.39 is 0 Å². The van der Waals surface area contributed by atoms with Crippen molar-refractivity contribution in [1.82, 2.24) is 19.9 Å². The molecule has 1 amide bonds. The monoisotopic (exact) mass is 447 g/mol. The van der Waals surface area contributed by atoms with Crippen molar-refractivity contribution >= 4 is 56.9 Å². The van der Waals surface area contributed by atoms with E-state index in [1.807, 2.05) is 18.2 Å². The van der Waals surface area contributed by atoms with Gasteiger partial charge in [-0.2, -0.15) is 0 Å². The molecule has 0 saturated heterocycles. The molecule has 0 atom stereocenters. The summed E-state index contributed by atoms with van der Waals surface area (Å²) in [7, 11) is 0. The van der Waals surface area contributed by atoms with Gasteiger partial charge in [0.25, 0.3) is 5.91 Å². The Hall–Kier alpha value is -3.62. The molecule has 9 heteroatoms. The Balaban J connectivity index is 1.58. The Morgan fingerprint density at radius 3 is 2.61 bits per heavy atom. The van der Waals surface area contributed by atoms with Gasteiger partial charge in [-0.3, -0.25) is 4.79 Å². The Morgan fingerprint density at radius 2 is 1.81 bits per heavy atom. The van der Waals surface area contributed by atoms with Crippen LogP contribution in [0.25, 0.3) is 21.9 Å². The fourth-order valence-corrected chi connectivity index (χ4v) is 4.31. The molecule has 0 bridgehead atoms. The predicted molar refractivity (Wildman–Crippen MR) is 121 cm³/mol. The number of imidazole rings is 1. The minimum absolute atomic E-state index is 0.108. The molecule has 0 saturated carbocycles. The van der Waals surface area contributed by atoms with Gasteiger partial charge in [0.05, 0.1) is 16.9 Å². The molecule has 5 rings (SSSR count). The molecule has 2 aromatic heterocycles. The number of benzene rings is 3. The number of carbonyl (C=O) groups is 1. The highest BCUT2D eigenvalue weighted by molar-refractivity contribution is 7.99. The van der Waals surface area contributed by atoms with E-state index >= 15 is 0 Å². The van der Waals surface area contributed by atoms with Crippen molar-refractivity contribution in [3.05, 3.63) is 77.8 Å². The zero-order valence-corrected chi connectivity index (χ0v) is 17.4. The van der Waals surface area contributed by atoms with Crippen LogP contribution in [-0.4, -0.2) is 30.9 Å². The van der Waals surface area contributed by atoms with Gasteiger partial charge >= 0.3 is 0 Å². The third kappa shape index (κ3) is 3.67. The van der Waals surface area contributed by atoms with Gasteiger partial charge in [-0.1, -0.05) is 47.6 Å². The second-order valence-corrected chi connectivity index (χ2v) is 8.13. The molecule has 7 nitrogen and oxygen atoms in total. The normalized spacial score (nSPS) is 11.1. The summed E-state index contributed by atoms with van der Waals surface area (Å²) in [6, 6.07) is 15.7. The van der Waals surface area contributed by atoms with Crippen LogP contribution < -0.4 is 5.32 Å². The predicted octanol–water partition coefficient (Wildman–Crippen LogP) is 5.27.